The van der Waals surface area contributed by atoms with Gasteiger partial charge < -0.3 is 14.6 Å². The zero-order valence-corrected chi connectivity index (χ0v) is 23.0. The Balaban J connectivity index is 1.42. The van der Waals surface area contributed by atoms with Crippen molar-refractivity contribution in [1.82, 2.24) is 29.7 Å². The number of aromatic nitrogens is 4. The summed E-state index contributed by atoms with van der Waals surface area (Å²) < 4.78 is 35.4. The second kappa shape index (κ2) is 10.4. The molecule has 0 aliphatic carbocycles. The average Bonchev–Trinajstić information content (AvgIpc) is 3.44. The van der Waals surface area contributed by atoms with Gasteiger partial charge in [0.05, 0.1) is 28.7 Å². The average molecular weight is 560 g/mol. The molecule has 0 spiro atoms. The molecule has 1 atom stereocenters. The van der Waals surface area contributed by atoms with Crippen LogP contribution in [0, 0.1) is 13.8 Å². The van der Waals surface area contributed by atoms with Gasteiger partial charge in [-0.15, -0.1) is 0 Å². The Kier molecular flexibility index (Phi) is 6.72. The Hall–Kier alpha value is -4.29. The Bertz CT molecular complexity index is 1650. The predicted molar refractivity (Wildman–Crippen MR) is 148 cm³/mol. The summed E-state index contributed by atoms with van der Waals surface area (Å²) in [5.41, 5.74) is 4.59. The maximum atomic E-state index is 13.7. The lowest BCUT2D eigenvalue weighted by Gasteiger charge is -2.41. The van der Waals surface area contributed by atoms with E-state index in [0.29, 0.717) is 31.9 Å². The molecular weight excluding hydrogens is 530 g/mol. The lowest BCUT2D eigenvalue weighted by atomic mass is 10.00. The smallest absolute Gasteiger partial charge is 0.264 e. The SMILES string of the molecule is Cc1cccc(C)c1-c1cc2nc(n1)NS(=O)(=O)c1cccc(c1)C(=O)N1CCN(Cc3c[nH]cn3)C[C@@H]1CO2. The summed E-state index contributed by atoms with van der Waals surface area (Å²) in [6.07, 6.45) is 3.50. The van der Waals surface area contributed by atoms with Crippen molar-refractivity contribution in [2.45, 2.75) is 31.3 Å². The minimum absolute atomic E-state index is 0.0464. The molecule has 1 amide bonds. The highest BCUT2D eigenvalue weighted by molar-refractivity contribution is 7.92. The van der Waals surface area contributed by atoms with Crippen LogP contribution in [0.4, 0.5) is 5.95 Å². The number of benzene rings is 2. The van der Waals surface area contributed by atoms with E-state index >= 15 is 0 Å². The van der Waals surface area contributed by atoms with E-state index in [4.69, 9.17) is 4.74 Å². The standard InChI is InChI=1S/C28H29N7O4S/c1-18-5-3-6-19(2)26(18)24-12-25-32-28(31-24)33-40(37,38)23-8-4-7-20(11-23)27(36)35-10-9-34(15-22(35)16-39-25)14-21-13-29-17-30-21/h3-8,11-13,17,22H,9-10,14-16H2,1-2H3,(H,29,30)(H,31,32,33)/t22-/m1/s1. The van der Waals surface area contributed by atoms with E-state index in [9.17, 15) is 13.2 Å². The predicted octanol–water partition coefficient (Wildman–Crippen LogP) is 3.00. The van der Waals surface area contributed by atoms with Crippen molar-refractivity contribution in [2.75, 3.05) is 31.0 Å². The van der Waals surface area contributed by atoms with E-state index in [1.165, 1.54) is 12.1 Å². The lowest BCUT2D eigenvalue weighted by Crippen LogP contribution is -2.57. The van der Waals surface area contributed by atoms with Crippen molar-refractivity contribution in [1.29, 1.82) is 0 Å². The van der Waals surface area contributed by atoms with Crippen LogP contribution in [0.2, 0.25) is 0 Å². The molecule has 1 saturated heterocycles. The molecule has 6 rings (SSSR count). The van der Waals surface area contributed by atoms with Gasteiger partial charge in [-0.3, -0.25) is 9.69 Å². The van der Waals surface area contributed by atoms with Crippen LogP contribution in [0.3, 0.4) is 0 Å². The molecule has 11 nitrogen and oxygen atoms in total. The molecule has 4 bridgehead atoms. The largest absolute Gasteiger partial charge is 0.475 e. The molecule has 2 N–H and O–H groups in total. The number of imidazole rings is 1. The first kappa shape index (κ1) is 26.0. The molecule has 0 saturated carbocycles. The summed E-state index contributed by atoms with van der Waals surface area (Å²) in [5.74, 6) is -0.141. The Morgan fingerprint density at radius 1 is 1.05 bits per heavy atom. The maximum absolute atomic E-state index is 13.7. The number of H-pyrrole nitrogens is 1. The highest BCUT2D eigenvalue weighted by atomic mass is 32.2. The number of hydrogen-bond donors (Lipinski definition) is 2. The molecular formula is C28H29N7O4S. The molecule has 2 aliphatic rings. The lowest BCUT2D eigenvalue weighted by molar-refractivity contribution is 0.0308. The number of nitrogens with one attached hydrogen (secondary N) is 2. The van der Waals surface area contributed by atoms with Gasteiger partial charge >= 0.3 is 0 Å². The van der Waals surface area contributed by atoms with Crippen LogP contribution in [-0.4, -0.2) is 76.3 Å². The Labute approximate surface area is 232 Å². The van der Waals surface area contributed by atoms with Gasteiger partial charge in [-0.25, -0.2) is 23.1 Å². The molecule has 2 aromatic heterocycles. The molecule has 1 fully saturated rings. The number of aryl methyl sites for hydroxylation is 2. The first-order chi connectivity index (χ1) is 19.3. The fourth-order valence-electron chi connectivity index (χ4n) is 5.29. The minimum atomic E-state index is -4.09. The number of piperazine rings is 1. The summed E-state index contributed by atoms with van der Waals surface area (Å²) >= 11 is 0. The van der Waals surface area contributed by atoms with E-state index in [2.05, 4.69) is 29.6 Å². The normalized spacial score (nSPS) is 18.9. The minimum Gasteiger partial charge on any atom is -0.475 e. The second-order valence-corrected chi connectivity index (χ2v) is 11.8. The van der Waals surface area contributed by atoms with E-state index in [0.717, 1.165) is 22.4 Å². The van der Waals surface area contributed by atoms with Crippen LogP contribution in [-0.2, 0) is 16.6 Å². The molecule has 0 unspecified atom stereocenters. The van der Waals surface area contributed by atoms with Crippen molar-refractivity contribution < 1.29 is 17.9 Å². The number of aromatic amines is 1. The molecule has 2 aromatic carbocycles. The third kappa shape index (κ3) is 5.15. The van der Waals surface area contributed by atoms with Crippen LogP contribution >= 0.6 is 0 Å². The first-order valence-electron chi connectivity index (χ1n) is 13.0. The molecule has 2 aliphatic heterocycles. The van der Waals surface area contributed by atoms with Crippen LogP contribution in [0.1, 0.15) is 27.2 Å². The van der Waals surface area contributed by atoms with Crippen molar-refractivity contribution >= 4 is 21.9 Å². The number of fused-ring (bicyclic) bond motifs is 5. The monoisotopic (exact) mass is 559 g/mol. The summed E-state index contributed by atoms with van der Waals surface area (Å²) in [6.45, 7) is 6.39. The van der Waals surface area contributed by atoms with Crippen molar-refractivity contribution in [2.24, 2.45) is 0 Å². The van der Waals surface area contributed by atoms with Crippen molar-refractivity contribution in [3.63, 3.8) is 0 Å². The maximum Gasteiger partial charge on any atom is 0.264 e. The van der Waals surface area contributed by atoms with E-state index in [1.807, 2.05) is 38.2 Å². The van der Waals surface area contributed by atoms with Gasteiger partial charge in [0.25, 0.3) is 15.9 Å². The Morgan fingerprint density at radius 3 is 2.62 bits per heavy atom. The van der Waals surface area contributed by atoms with Gasteiger partial charge in [0.1, 0.15) is 6.61 Å². The number of carbonyl (C=O) groups excluding carboxylic acids is 1. The highest BCUT2D eigenvalue weighted by Gasteiger charge is 2.33. The second-order valence-electron chi connectivity index (χ2n) is 10.1. The number of sulfonamides is 1. The number of anilines is 1. The third-order valence-electron chi connectivity index (χ3n) is 7.25. The molecule has 40 heavy (non-hydrogen) atoms. The third-order valence-corrected chi connectivity index (χ3v) is 8.57. The number of ether oxygens (including phenoxy) is 1. The van der Waals surface area contributed by atoms with Gasteiger partial charge in [0.15, 0.2) is 0 Å². The number of carbonyl (C=O) groups is 1. The quantitative estimate of drug-likeness (QED) is 0.391. The molecule has 4 heterocycles. The zero-order chi connectivity index (χ0) is 27.9. The molecule has 206 valence electrons. The fourth-order valence-corrected chi connectivity index (χ4v) is 6.28. The van der Waals surface area contributed by atoms with Crippen LogP contribution in [0.25, 0.3) is 11.3 Å². The molecule has 4 aromatic rings. The van der Waals surface area contributed by atoms with Crippen LogP contribution < -0.4 is 9.46 Å². The van der Waals surface area contributed by atoms with Gasteiger partial charge in [-0.05, 0) is 43.2 Å². The van der Waals surface area contributed by atoms with Gasteiger partial charge in [-0.2, -0.15) is 4.98 Å². The topological polar surface area (TPSA) is 133 Å². The van der Waals surface area contributed by atoms with Crippen molar-refractivity contribution in [3.8, 4) is 17.1 Å². The number of nitrogens with zero attached hydrogens (tertiary/aromatic N) is 5. The Morgan fingerprint density at radius 2 is 1.85 bits per heavy atom. The van der Waals surface area contributed by atoms with Gasteiger partial charge in [0.2, 0.25) is 11.8 Å². The first-order valence-corrected chi connectivity index (χ1v) is 14.5. The van der Waals surface area contributed by atoms with Crippen LogP contribution in [0.15, 0.2) is 66.0 Å². The highest BCUT2D eigenvalue weighted by Crippen LogP contribution is 2.30. The zero-order valence-electron chi connectivity index (χ0n) is 22.2. The summed E-state index contributed by atoms with van der Waals surface area (Å²) in [7, 11) is -4.09. The fraction of sp³-hybridized carbons (Fsp3) is 0.286. The summed E-state index contributed by atoms with van der Waals surface area (Å²) in [4.78, 5) is 33.9. The summed E-state index contributed by atoms with van der Waals surface area (Å²) in [5, 5.41) is 0. The molecule has 0 radical (unpaired) electrons. The van der Waals surface area contributed by atoms with E-state index in [-0.39, 0.29) is 40.8 Å². The van der Waals surface area contributed by atoms with E-state index < -0.39 is 10.0 Å². The molecule has 12 heteroatoms. The number of amides is 1. The summed E-state index contributed by atoms with van der Waals surface area (Å²) in [6, 6.07) is 13.4. The van der Waals surface area contributed by atoms with Gasteiger partial charge in [0, 0.05) is 49.6 Å². The number of hydrogen-bond acceptors (Lipinski definition) is 8. The van der Waals surface area contributed by atoms with Crippen molar-refractivity contribution in [3.05, 3.63) is 83.4 Å². The number of rotatable bonds is 3. The van der Waals surface area contributed by atoms with E-state index in [1.54, 1.807) is 29.4 Å². The van der Waals surface area contributed by atoms with Gasteiger partial charge in [-0.1, -0.05) is 24.3 Å². The van der Waals surface area contributed by atoms with Crippen LogP contribution in [0.5, 0.6) is 5.88 Å².